The van der Waals surface area contributed by atoms with Gasteiger partial charge in [0, 0.05) is 12.7 Å². The second-order valence-corrected chi connectivity index (χ2v) is 5.70. The van der Waals surface area contributed by atoms with Crippen LogP contribution in [0.4, 0.5) is 4.79 Å². The molecule has 0 saturated heterocycles. The van der Waals surface area contributed by atoms with Crippen LogP contribution in [0.25, 0.3) is 0 Å². The number of hydrogen-bond donors (Lipinski definition) is 1. The van der Waals surface area contributed by atoms with E-state index in [1.165, 1.54) is 0 Å². The highest BCUT2D eigenvalue weighted by Crippen LogP contribution is 2.35. The van der Waals surface area contributed by atoms with Gasteiger partial charge < -0.3 is 14.8 Å². The van der Waals surface area contributed by atoms with Crippen LogP contribution in [0.1, 0.15) is 39.3 Å². The highest BCUT2D eigenvalue weighted by atomic mass is 16.6. The van der Waals surface area contributed by atoms with Crippen molar-refractivity contribution in [3.63, 3.8) is 0 Å². The number of ether oxygens (including phenoxy) is 2. The van der Waals surface area contributed by atoms with Crippen molar-refractivity contribution in [2.24, 2.45) is 0 Å². The van der Waals surface area contributed by atoms with E-state index in [1.54, 1.807) is 6.20 Å². The molecular formula is C14H20N2O3. The molecule has 0 saturated carbocycles. The number of aromatic nitrogens is 1. The van der Waals surface area contributed by atoms with Crippen LogP contribution in [0.5, 0.6) is 5.75 Å². The summed E-state index contributed by atoms with van der Waals surface area (Å²) in [5.41, 5.74) is 0.406. The maximum atomic E-state index is 11.6. The summed E-state index contributed by atoms with van der Waals surface area (Å²) in [6.45, 7) is 7.95. The molecule has 0 bridgehead atoms. The third-order valence-corrected chi connectivity index (χ3v) is 2.90. The molecule has 0 unspecified atom stereocenters. The number of rotatable bonds is 2. The monoisotopic (exact) mass is 264 g/mol. The SMILES string of the molecule is C[C@@H]1Oc2cccnc2[C@H]1CNC(=O)OC(C)(C)C. The molecule has 0 fully saturated rings. The average Bonchev–Trinajstić information content (AvgIpc) is 2.60. The molecule has 19 heavy (non-hydrogen) atoms. The van der Waals surface area contributed by atoms with Gasteiger partial charge in [0.25, 0.3) is 0 Å². The molecule has 1 aliphatic heterocycles. The van der Waals surface area contributed by atoms with E-state index in [1.807, 2.05) is 39.8 Å². The second-order valence-electron chi connectivity index (χ2n) is 5.70. The maximum Gasteiger partial charge on any atom is 0.407 e. The number of nitrogens with one attached hydrogen (secondary N) is 1. The van der Waals surface area contributed by atoms with Gasteiger partial charge >= 0.3 is 6.09 Å². The number of alkyl carbamates (subject to hydrolysis) is 1. The lowest BCUT2D eigenvalue weighted by Gasteiger charge is -2.21. The number of amides is 1. The third-order valence-electron chi connectivity index (χ3n) is 2.90. The lowest BCUT2D eigenvalue weighted by molar-refractivity contribution is 0.0519. The molecule has 0 radical (unpaired) electrons. The summed E-state index contributed by atoms with van der Waals surface area (Å²) >= 11 is 0. The summed E-state index contributed by atoms with van der Waals surface area (Å²) in [6, 6.07) is 3.74. The maximum absolute atomic E-state index is 11.6. The molecule has 2 rings (SSSR count). The smallest absolute Gasteiger partial charge is 0.407 e. The van der Waals surface area contributed by atoms with Gasteiger partial charge in [-0.05, 0) is 39.8 Å². The first-order chi connectivity index (χ1) is 8.87. The zero-order chi connectivity index (χ0) is 14.0. The lowest BCUT2D eigenvalue weighted by atomic mass is 10.0. The Kier molecular flexibility index (Phi) is 3.64. The van der Waals surface area contributed by atoms with Crippen molar-refractivity contribution in [2.75, 3.05) is 6.54 Å². The van der Waals surface area contributed by atoms with Crippen LogP contribution < -0.4 is 10.1 Å². The molecule has 1 amide bonds. The molecule has 1 N–H and O–H groups in total. The highest BCUT2D eigenvalue weighted by molar-refractivity contribution is 5.67. The molecule has 2 atom stereocenters. The molecule has 0 aliphatic carbocycles. The molecule has 5 nitrogen and oxygen atoms in total. The van der Waals surface area contributed by atoms with Crippen molar-refractivity contribution in [1.29, 1.82) is 0 Å². The van der Waals surface area contributed by atoms with Crippen LogP contribution >= 0.6 is 0 Å². The van der Waals surface area contributed by atoms with Crippen molar-refractivity contribution < 1.29 is 14.3 Å². The first kappa shape index (κ1) is 13.6. The van der Waals surface area contributed by atoms with Gasteiger partial charge in [0.2, 0.25) is 0 Å². The highest BCUT2D eigenvalue weighted by Gasteiger charge is 2.32. The number of fused-ring (bicyclic) bond motifs is 1. The van der Waals surface area contributed by atoms with Crippen LogP contribution in [0.15, 0.2) is 18.3 Å². The van der Waals surface area contributed by atoms with Crippen molar-refractivity contribution in [1.82, 2.24) is 10.3 Å². The molecule has 1 aliphatic rings. The number of hydrogen-bond acceptors (Lipinski definition) is 4. The Bertz CT molecular complexity index is 468. The van der Waals surface area contributed by atoms with Crippen molar-refractivity contribution in [3.05, 3.63) is 24.0 Å². The zero-order valence-corrected chi connectivity index (χ0v) is 11.8. The van der Waals surface area contributed by atoms with Crippen molar-refractivity contribution in [3.8, 4) is 5.75 Å². The van der Waals surface area contributed by atoms with Crippen LogP contribution in [0.3, 0.4) is 0 Å². The Labute approximate surface area is 113 Å². The topological polar surface area (TPSA) is 60.5 Å². The molecule has 1 aromatic heterocycles. The van der Waals surface area contributed by atoms with Gasteiger partial charge in [0.1, 0.15) is 17.5 Å². The minimum absolute atomic E-state index is 0.000151. The lowest BCUT2D eigenvalue weighted by Crippen LogP contribution is -2.36. The van der Waals surface area contributed by atoms with E-state index in [9.17, 15) is 4.79 Å². The number of nitrogens with zero attached hydrogens (tertiary/aromatic N) is 1. The summed E-state index contributed by atoms with van der Waals surface area (Å²) in [6.07, 6.45) is 1.32. The van der Waals surface area contributed by atoms with E-state index >= 15 is 0 Å². The van der Waals surface area contributed by atoms with Gasteiger partial charge in [-0.2, -0.15) is 0 Å². The first-order valence-corrected chi connectivity index (χ1v) is 6.45. The Balaban J connectivity index is 1.95. The van der Waals surface area contributed by atoms with E-state index in [-0.39, 0.29) is 12.0 Å². The average molecular weight is 264 g/mol. The molecule has 5 heteroatoms. The van der Waals surface area contributed by atoms with Crippen molar-refractivity contribution in [2.45, 2.75) is 45.3 Å². The quantitative estimate of drug-likeness (QED) is 0.891. The Morgan fingerprint density at radius 2 is 2.26 bits per heavy atom. The summed E-state index contributed by atoms with van der Waals surface area (Å²) < 4.78 is 10.9. The zero-order valence-electron chi connectivity index (χ0n) is 11.8. The fraction of sp³-hybridized carbons (Fsp3) is 0.571. The number of pyridine rings is 1. The van der Waals surface area contributed by atoms with Gasteiger partial charge in [-0.1, -0.05) is 0 Å². The Hall–Kier alpha value is -1.78. The molecule has 1 aromatic rings. The number of carbonyl (C=O) groups excluding carboxylic acids is 1. The third kappa shape index (κ3) is 3.36. The summed E-state index contributed by atoms with van der Waals surface area (Å²) in [4.78, 5) is 16.0. The fourth-order valence-corrected chi connectivity index (χ4v) is 2.06. The minimum atomic E-state index is -0.488. The van der Waals surface area contributed by atoms with Gasteiger partial charge in [0.15, 0.2) is 0 Å². The first-order valence-electron chi connectivity index (χ1n) is 6.45. The molecular weight excluding hydrogens is 244 g/mol. The summed E-state index contributed by atoms with van der Waals surface area (Å²) in [7, 11) is 0. The summed E-state index contributed by atoms with van der Waals surface area (Å²) in [5, 5.41) is 2.77. The standard InChI is InChI=1S/C14H20N2O3/c1-9-10(8-16-13(17)19-14(2,3)4)12-11(18-9)6-5-7-15-12/h5-7,9-10H,8H2,1-4H3,(H,16,17)/t9-,10-/m0/s1. The van der Waals surface area contributed by atoms with Crippen LogP contribution in [0.2, 0.25) is 0 Å². The van der Waals surface area contributed by atoms with Crippen molar-refractivity contribution >= 4 is 6.09 Å². The van der Waals surface area contributed by atoms with Gasteiger partial charge in [0.05, 0.1) is 11.6 Å². The van der Waals surface area contributed by atoms with E-state index in [0.717, 1.165) is 11.4 Å². The largest absolute Gasteiger partial charge is 0.488 e. The molecule has 0 spiro atoms. The van der Waals surface area contributed by atoms with E-state index in [4.69, 9.17) is 9.47 Å². The second kappa shape index (κ2) is 5.07. The van der Waals surface area contributed by atoms with E-state index in [0.29, 0.717) is 6.54 Å². The minimum Gasteiger partial charge on any atom is -0.488 e. The normalized spacial score (nSPS) is 21.5. The molecule has 104 valence electrons. The Morgan fingerprint density at radius 1 is 1.53 bits per heavy atom. The Morgan fingerprint density at radius 3 is 2.95 bits per heavy atom. The van der Waals surface area contributed by atoms with Crippen LogP contribution in [-0.2, 0) is 4.74 Å². The van der Waals surface area contributed by atoms with Gasteiger partial charge in [-0.3, -0.25) is 4.98 Å². The van der Waals surface area contributed by atoms with Crippen LogP contribution in [-0.4, -0.2) is 29.3 Å². The number of carbonyl (C=O) groups is 1. The predicted molar refractivity (Wildman–Crippen MR) is 71.3 cm³/mol. The van der Waals surface area contributed by atoms with E-state index in [2.05, 4.69) is 10.3 Å². The van der Waals surface area contributed by atoms with Gasteiger partial charge in [-0.25, -0.2) is 4.79 Å². The molecule has 0 aromatic carbocycles. The van der Waals surface area contributed by atoms with E-state index < -0.39 is 11.7 Å². The fourth-order valence-electron chi connectivity index (χ4n) is 2.06. The van der Waals surface area contributed by atoms with Gasteiger partial charge in [-0.15, -0.1) is 0 Å². The molecule has 2 heterocycles. The van der Waals surface area contributed by atoms with Crippen LogP contribution in [0, 0.1) is 0 Å². The predicted octanol–water partition coefficient (Wildman–Crippen LogP) is 2.47. The summed E-state index contributed by atoms with van der Waals surface area (Å²) in [5.74, 6) is 0.856.